The molecule has 1 aromatic carbocycles. The number of nitrogens with two attached hydrogens (primary N) is 1. The van der Waals surface area contributed by atoms with Crippen LogP contribution in [0.3, 0.4) is 0 Å². The van der Waals surface area contributed by atoms with Crippen LogP contribution in [0.1, 0.15) is 29.5 Å². The van der Waals surface area contributed by atoms with Gasteiger partial charge in [-0.05, 0) is 61.2 Å². The van der Waals surface area contributed by atoms with Gasteiger partial charge in [-0.3, -0.25) is 9.88 Å². The van der Waals surface area contributed by atoms with Crippen molar-refractivity contribution in [2.45, 2.75) is 31.8 Å². The number of nitrogens with one attached hydrogen (secondary N) is 3. The van der Waals surface area contributed by atoms with Gasteiger partial charge in [0.2, 0.25) is 0 Å². The molecule has 40 heavy (non-hydrogen) atoms. The monoisotopic (exact) mass is 539 g/mol. The van der Waals surface area contributed by atoms with E-state index in [0.717, 1.165) is 85.7 Å². The van der Waals surface area contributed by atoms with Gasteiger partial charge in [-0.1, -0.05) is 6.07 Å². The Hall–Kier alpha value is -3.86. The number of nitrogens with zero attached hydrogens (tertiary/aromatic N) is 5. The molecule has 0 amide bonds. The molecule has 10 heteroatoms. The van der Waals surface area contributed by atoms with Crippen LogP contribution >= 0.6 is 0 Å². The zero-order valence-corrected chi connectivity index (χ0v) is 22.8. The number of piperidine rings is 1. The number of benzene rings is 1. The maximum atomic E-state index is 8.32. The number of ether oxygens (including phenoxy) is 1. The molecule has 2 aliphatic rings. The van der Waals surface area contributed by atoms with Crippen molar-refractivity contribution in [2.75, 3.05) is 56.2 Å². The van der Waals surface area contributed by atoms with Gasteiger partial charge in [-0.15, -0.1) is 0 Å². The van der Waals surface area contributed by atoms with E-state index in [4.69, 9.17) is 25.8 Å². The van der Waals surface area contributed by atoms with Gasteiger partial charge in [0.1, 0.15) is 11.6 Å². The number of anilines is 2. The highest BCUT2D eigenvalue weighted by molar-refractivity contribution is 5.93. The normalized spacial score (nSPS) is 16.9. The molecule has 10 nitrogen and oxygen atoms in total. The maximum Gasteiger partial charge on any atom is 0.163 e. The van der Waals surface area contributed by atoms with Gasteiger partial charge in [0.25, 0.3) is 0 Å². The van der Waals surface area contributed by atoms with E-state index in [1.54, 1.807) is 0 Å². The summed E-state index contributed by atoms with van der Waals surface area (Å²) in [5, 5.41) is 13.2. The van der Waals surface area contributed by atoms with Crippen molar-refractivity contribution in [1.29, 1.82) is 5.41 Å². The van der Waals surface area contributed by atoms with Crippen LogP contribution in [0.2, 0.25) is 0 Å². The second-order valence-electron chi connectivity index (χ2n) is 10.5. The summed E-state index contributed by atoms with van der Waals surface area (Å²) < 4.78 is 5.61. The third kappa shape index (κ3) is 5.70. The van der Waals surface area contributed by atoms with Gasteiger partial charge >= 0.3 is 0 Å². The van der Waals surface area contributed by atoms with Crippen molar-refractivity contribution < 1.29 is 4.74 Å². The number of morpholine rings is 1. The van der Waals surface area contributed by atoms with Crippen molar-refractivity contribution in [3.63, 3.8) is 0 Å². The first-order valence-corrected chi connectivity index (χ1v) is 14.2. The van der Waals surface area contributed by atoms with Gasteiger partial charge in [0.05, 0.1) is 18.8 Å². The Morgan fingerprint density at radius 3 is 2.73 bits per heavy atom. The highest BCUT2D eigenvalue weighted by atomic mass is 16.5. The summed E-state index contributed by atoms with van der Waals surface area (Å²) in [4.78, 5) is 22.4. The van der Waals surface area contributed by atoms with Crippen LogP contribution in [0.5, 0.6) is 0 Å². The Bertz CT molecular complexity index is 1440. The van der Waals surface area contributed by atoms with E-state index in [2.05, 4.69) is 49.4 Å². The van der Waals surface area contributed by atoms with Crippen LogP contribution in [-0.4, -0.2) is 83.0 Å². The molecule has 0 atom stereocenters. The molecule has 0 bridgehead atoms. The van der Waals surface area contributed by atoms with E-state index >= 15 is 0 Å². The lowest BCUT2D eigenvalue weighted by Gasteiger charge is -2.34. The highest BCUT2D eigenvalue weighted by Gasteiger charge is 2.25. The third-order valence-corrected chi connectivity index (χ3v) is 7.88. The first kappa shape index (κ1) is 26.4. The topological polar surface area (TPSA) is 132 Å². The second kappa shape index (κ2) is 12.1. The van der Waals surface area contributed by atoms with E-state index in [-0.39, 0.29) is 6.04 Å². The quantitative estimate of drug-likeness (QED) is 0.238. The number of hydrogen-bond acceptors (Lipinski definition) is 9. The molecule has 208 valence electrons. The number of rotatable bonds is 9. The largest absolute Gasteiger partial charge is 0.378 e. The summed E-state index contributed by atoms with van der Waals surface area (Å²) in [7, 11) is 0. The van der Waals surface area contributed by atoms with E-state index < -0.39 is 0 Å². The number of aromatic nitrogens is 4. The number of fused-ring (bicyclic) bond motifs is 1. The Balaban J connectivity index is 1.29. The van der Waals surface area contributed by atoms with E-state index in [9.17, 15) is 0 Å². The van der Waals surface area contributed by atoms with Crippen molar-refractivity contribution in [3.05, 3.63) is 65.6 Å². The molecule has 0 spiro atoms. The predicted octanol–water partition coefficient (Wildman–Crippen LogP) is 3.43. The minimum absolute atomic E-state index is 0.271. The number of hydrogen-bond donors (Lipinski definition) is 4. The fraction of sp³-hybridized carbons (Fsp3) is 0.400. The van der Waals surface area contributed by atoms with Crippen molar-refractivity contribution in [1.82, 2.24) is 24.8 Å². The van der Waals surface area contributed by atoms with Gasteiger partial charge in [0.15, 0.2) is 5.82 Å². The molecule has 6 rings (SSSR count). The van der Waals surface area contributed by atoms with Crippen molar-refractivity contribution >= 4 is 28.8 Å². The number of H-pyrrole nitrogens is 1. The average molecular weight is 540 g/mol. The fourth-order valence-corrected chi connectivity index (χ4v) is 5.70. The molecular formula is C30H37N9O. The van der Waals surface area contributed by atoms with Crippen molar-refractivity contribution in [3.8, 4) is 11.4 Å². The minimum atomic E-state index is 0.271. The van der Waals surface area contributed by atoms with Crippen LogP contribution in [0.4, 0.5) is 11.6 Å². The highest BCUT2D eigenvalue weighted by Crippen LogP contribution is 2.31. The van der Waals surface area contributed by atoms with Crippen LogP contribution in [-0.2, 0) is 17.7 Å². The number of aromatic amines is 1. The smallest absolute Gasteiger partial charge is 0.163 e. The molecule has 0 unspecified atom stereocenters. The summed E-state index contributed by atoms with van der Waals surface area (Å²) in [6.07, 6.45) is 10.00. The lowest BCUT2D eigenvalue weighted by Crippen LogP contribution is -2.40. The third-order valence-electron chi connectivity index (χ3n) is 7.88. The second-order valence-corrected chi connectivity index (χ2v) is 10.5. The number of likely N-dealkylation sites (tertiary alicyclic amines) is 1. The summed E-state index contributed by atoms with van der Waals surface area (Å²) in [5.41, 5.74) is 11.1. The molecule has 3 aromatic heterocycles. The first-order valence-electron chi connectivity index (χ1n) is 14.2. The Morgan fingerprint density at radius 1 is 1.12 bits per heavy atom. The summed E-state index contributed by atoms with van der Waals surface area (Å²) >= 11 is 0. The molecule has 5 heterocycles. The molecule has 4 aromatic rings. The molecule has 0 saturated carbocycles. The molecule has 2 fully saturated rings. The SMILES string of the molecule is N=Cc1c(NC2CCN(Cc3cccnc3)CC2)nc(-c2ccc3[nH]cc(CCN)c3c2)nc1N1CCOCC1. The van der Waals surface area contributed by atoms with Crippen LogP contribution in [0, 0.1) is 5.41 Å². The maximum absolute atomic E-state index is 8.32. The zero-order chi connectivity index (χ0) is 27.3. The van der Waals surface area contributed by atoms with E-state index in [1.165, 1.54) is 17.3 Å². The van der Waals surface area contributed by atoms with Gasteiger partial charge < -0.3 is 31.1 Å². The van der Waals surface area contributed by atoms with Gasteiger partial charge in [0, 0.05) is 80.0 Å². The summed E-state index contributed by atoms with van der Waals surface area (Å²) in [6, 6.07) is 10.7. The summed E-state index contributed by atoms with van der Waals surface area (Å²) in [6.45, 7) is 6.27. The summed E-state index contributed by atoms with van der Waals surface area (Å²) in [5.74, 6) is 2.17. The lowest BCUT2D eigenvalue weighted by atomic mass is 10.0. The van der Waals surface area contributed by atoms with E-state index in [1.807, 2.05) is 24.7 Å². The zero-order valence-electron chi connectivity index (χ0n) is 22.8. The molecule has 2 saturated heterocycles. The van der Waals surface area contributed by atoms with Crippen LogP contribution in [0.25, 0.3) is 22.3 Å². The van der Waals surface area contributed by atoms with Gasteiger partial charge in [-0.25, -0.2) is 9.97 Å². The Labute approximate surface area is 234 Å². The fourth-order valence-electron chi connectivity index (χ4n) is 5.70. The molecule has 0 radical (unpaired) electrons. The molecular weight excluding hydrogens is 502 g/mol. The van der Waals surface area contributed by atoms with Gasteiger partial charge in [-0.2, -0.15) is 0 Å². The first-order chi connectivity index (χ1) is 19.7. The van der Waals surface area contributed by atoms with E-state index in [0.29, 0.717) is 25.6 Å². The molecule has 2 aliphatic heterocycles. The van der Waals surface area contributed by atoms with Crippen LogP contribution in [0.15, 0.2) is 48.9 Å². The Kier molecular flexibility index (Phi) is 7.99. The minimum Gasteiger partial charge on any atom is -0.378 e. The molecule has 0 aliphatic carbocycles. The predicted molar refractivity (Wildman–Crippen MR) is 159 cm³/mol. The Morgan fingerprint density at radius 2 is 1.98 bits per heavy atom. The molecule has 5 N–H and O–H groups in total. The lowest BCUT2D eigenvalue weighted by molar-refractivity contribution is 0.122. The average Bonchev–Trinajstić information content (AvgIpc) is 3.41. The standard InChI is InChI=1S/C30H37N9O/c31-8-5-23-19-34-27-4-3-22(16-25(23)27)28-36-29(26(17-32)30(37-28)39-12-14-40-15-13-39)35-24-6-10-38(11-7-24)20-21-2-1-9-33-18-21/h1-4,9,16-19,24,32,34H,5-8,10-15,20,31H2,(H,35,36,37). The number of pyridine rings is 1. The van der Waals surface area contributed by atoms with Crippen molar-refractivity contribution in [2.24, 2.45) is 5.73 Å². The van der Waals surface area contributed by atoms with Crippen LogP contribution < -0.4 is 16.0 Å².